The van der Waals surface area contributed by atoms with E-state index in [0.717, 1.165) is 62.6 Å². The molecule has 0 unspecified atom stereocenters. The molecular weight excluding hydrogens is 639 g/mol. The standard InChI is InChI=1S/C46H43N5O/c1-44(2,3)30-21-23-47-41(25-30)51-36-16-9-8-15-34(36)35-20-19-33(27-40(35)51)52-32-14-12-13-31(26-32)49-29-50(38-18-11-10-17-37(38)49)39-22-24-48-43-42(39)45(4,5)28-46(43,6)7/h8-27H,28H2,1-7H3. The Morgan fingerprint density at radius 2 is 1.42 bits per heavy atom. The van der Waals surface area contributed by atoms with Crippen LogP contribution < -0.4 is 9.30 Å². The lowest BCUT2D eigenvalue weighted by Crippen LogP contribution is -2.33. The van der Waals surface area contributed by atoms with Crippen molar-refractivity contribution in [2.75, 3.05) is 0 Å². The van der Waals surface area contributed by atoms with E-state index < -0.39 is 0 Å². The van der Waals surface area contributed by atoms with Gasteiger partial charge in [-0.05, 0) is 83.0 Å². The first-order valence-electron chi connectivity index (χ1n) is 18.1. The quantitative estimate of drug-likeness (QED) is 0.134. The summed E-state index contributed by atoms with van der Waals surface area (Å²) in [5, 5.41) is 2.34. The van der Waals surface area contributed by atoms with Gasteiger partial charge in [0.15, 0.2) is 0 Å². The number of nitrogens with zero attached hydrogens (tertiary/aromatic N) is 5. The molecular formula is C46H43N5O. The van der Waals surface area contributed by atoms with Gasteiger partial charge in [-0.3, -0.25) is 18.7 Å². The molecule has 6 nitrogen and oxygen atoms in total. The molecule has 8 aromatic rings. The molecule has 6 heteroatoms. The van der Waals surface area contributed by atoms with Gasteiger partial charge in [-0.25, -0.2) is 4.98 Å². The van der Waals surface area contributed by atoms with Crippen LogP contribution in [0, 0.1) is 6.33 Å². The second kappa shape index (κ2) is 11.4. The Morgan fingerprint density at radius 3 is 2.25 bits per heavy atom. The van der Waals surface area contributed by atoms with Crippen molar-refractivity contribution >= 4 is 32.8 Å². The number of para-hydroxylation sites is 3. The summed E-state index contributed by atoms with van der Waals surface area (Å²) in [6.07, 6.45) is 8.64. The van der Waals surface area contributed by atoms with E-state index >= 15 is 0 Å². The Kier molecular flexibility index (Phi) is 7.04. The second-order valence-corrected chi connectivity index (χ2v) is 16.5. The van der Waals surface area contributed by atoms with E-state index in [1.807, 2.05) is 24.5 Å². The molecule has 1 aliphatic carbocycles. The first-order valence-corrected chi connectivity index (χ1v) is 18.1. The molecule has 0 fully saturated rings. The van der Waals surface area contributed by atoms with Crippen molar-refractivity contribution in [2.45, 2.75) is 71.1 Å². The number of ether oxygens (including phenoxy) is 1. The van der Waals surface area contributed by atoms with Crippen LogP contribution in [0.3, 0.4) is 0 Å². The van der Waals surface area contributed by atoms with Gasteiger partial charge in [0.25, 0.3) is 6.33 Å². The molecule has 0 saturated carbocycles. The van der Waals surface area contributed by atoms with E-state index in [4.69, 9.17) is 14.7 Å². The van der Waals surface area contributed by atoms with E-state index in [1.54, 1.807) is 0 Å². The summed E-state index contributed by atoms with van der Waals surface area (Å²) < 4.78 is 13.2. The largest absolute Gasteiger partial charge is 0.458 e. The van der Waals surface area contributed by atoms with Crippen LogP contribution in [0.4, 0.5) is 0 Å². The zero-order valence-electron chi connectivity index (χ0n) is 30.9. The predicted molar refractivity (Wildman–Crippen MR) is 209 cm³/mol. The van der Waals surface area contributed by atoms with Gasteiger partial charge in [-0.2, -0.15) is 0 Å². The van der Waals surface area contributed by atoms with Crippen LogP contribution in [0.5, 0.6) is 11.5 Å². The molecule has 0 atom stereocenters. The maximum atomic E-state index is 6.65. The lowest BCUT2D eigenvalue weighted by Gasteiger charge is -2.23. The van der Waals surface area contributed by atoms with Gasteiger partial charge >= 0.3 is 0 Å². The second-order valence-electron chi connectivity index (χ2n) is 16.5. The van der Waals surface area contributed by atoms with Gasteiger partial charge in [0.2, 0.25) is 0 Å². The third-order valence-electron chi connectivity index (χ3n) is 10.7. The van der Waals surface area contributed by atoms with E-state index in [0.29, 0.717) is 0 Å². The molecule has 4 aromatic carbocycles. The lowest BCUT2D eigenvalue weighted by molar-refractivity contribution is -0.573. The molecule has 52 heavy (non-hydrogen) atoms. The number of aromatic nitrogens is 5. The number of hydrogen-bond donors (Lipinski definition) is 0. The van der Waals surface area contributed by atoms with Crippen LogP contribution in [0.1, 0.15) is 71.7 Å². The Balaban J connectivity index is 1.13. The van der Waals surface area contributed by atoms with E-state index in [-0.39, 0.29) is 16.2 Å². The minimum Gasteiger partial charge on any atom is -0.458 e. The normalized spacial score (nSPS) is 15.1. The number of rotatable bonds is 5. The van der Waals surface area contributed by atoms with Crippen molar-refractivity contribution in [3.63, 3.8) is 0 Å². The Hall–Kier alpha value is -5.75. The van der Waals surface area contributed by atoms with E-state index in [2.05, 4.69) is 166 Å². The highest BCUT2D eigenvalue weighted by Crippen LogP contribution is 2.49. The number of benzene rings is 4. The summed E-state index contributed by atoms with van der Waals surface area (Å²) in [4.78, 5) is 9.75. The number of fused-ring (bicyclic) bond motifs is 5. The van der Waals surface area contributed by atoms with Crippen LogP contribution >= 0.6 is 0 Å². The summed E-state index contributed by atoms with van der Waals surface area (Å²) in [5.41, 5.74) is 10.1. The van der Waals surface area contributed by atoms with Crippen molar-refractivity contribution < 1.29 is 9.30 Å². The lowest BCUT2D eigenvalue weighted by atomic mass is 9.82. The number of pyridine rings is 2. The van der Waals surface area contributed by atoms with Gasteiger partial charge in [-0.1, -0.05) is 97.0 Å². The fourth-order valence-corrected chi connectivity index (χ4v) is 8.62. The first kappa shape index (κ1) is 32.2. The molecule has 0 saturated heterocycles. The molecule has 0 aliphatic heterocycles. The van der Waals surface area contributed by atoms with Crippen LogP contribution in [0.2, 0.25) is 0 Å². The Labute approximate surface area is 305 Å². The smallest absolute Gasteiger partial charge is 0.269 e. The summed E-state index contributed by atoms with van der Waals surface area (Å²) in [6, 6.07) is 38.1. The van der Waals surface area contributed by atoms with Crippen molar-refractivity contribution in [1.29, 1.82) is 0 Å². The van der Waals surface area contributed by atoms with Crippen LogP contribution in [-0.4, -0.2) is 19.1 Å². The van der Waals surface area contributed by atoms with Gasteiger partial charge in [0.1, 0.15) is 17.3 Å². The maximum Gasteiger partial charge on any atom is 0.269 e. The fraction of sp³-hybridized carbons (Fsp3) is 0.239. The topological polar surface area (TPSA) is 48.8 Å². The fourth-order valence-electron chi connectivity index (χ4n) is 8.62. The van der Waals surface area contributed by atoms with Gasteiger partial charge in [0.05, 0.1) is 33.4 Å². The number of hydrogen-bond acceptors (Lipinski definition) is 3. The molecule has 1 aliphatic rings. The van der Waals surface area contributed by atoms with Crippen LogP contribution in [0.25, 0.3) is 50.0 Å². The zero-order valence-corrected chi connectivity index (χ0v) is 30.9. The monoisotopic (exact) mass is 681 g/mol. The zero-order chi connectivity index (χ0) is 36.0. The minimum absolute atomic E-state index is 0.00329. The highest BCUT2D eigenvalue weighted by Gasteiger charge is 2.44. The molecule has 0 radical (unpaired) electrons. The van der Waals surface area contributed by atoms with Crippen molar-refractivity contribution in [3.8, 4) is 28.7 Å². The summed E-state index contributed by atoms with van der Waals surface area (Å²) in [5.74, 6) is 2.40. The Bertz CT molecular complexity index is 2690. The van der Waals surface area contributed by atoms with Gasteiger partial charge in [0, 0.05) is 40.3 Å². The van der Waals surface area contributed by atoms with Crippen molar-refractivity contribution in [3.05, 3.63) is 145 Å². The summed E-state index contributed by atoms with van der Waals surface area (Å²) in [7, 11) is 0. The molecule has 0 spiro atoms. The third kappa shape index (κ3) is 5.11. The molecule has 4 heterocycles. The summed E-state index contributed by atoms with van der Waals surface area (Å²) in [6.45, 7) is 16.0. The van der Waals surface area contributed by atoms with E-state index in [1.165, 1.54) is 22.2 Å². The molecule has 0 N–H and O–H groups in total. The summed E-state index contributed by atoms with van der Waals surface area (Å²) >= 11 is 0. The Morgan fingerprint density at radius 1 is 0.692 bits per heavy atom. The molecule has 0 bridgehead atoms. The number of imidazole rings is 1. The highest BCUT2D eigenvalue weighted by atomic mass is 16.5. The minimum atomic E-state index is -0.0154. The molecule has 4 aromatic heterocycles. The maximum absolute atomic E-state index is 6.65. The van der Waals surface area contributed by atoms with Crippen LogP contribution in [0.15, 0.2) is 122 Å². The molecule has 258 valence electrons. The van der Waals surface area contributed by atoms with Gasteiger partial charge < -0.3 is 4.74 Å². The van der Waals surface area contributed by atoms with E-state index in [9.17, 15) is 0 Å². The van der Waals surface area contributed by atoms with Crippen LogP contribution in [-0.2, 0) is 16.2 Å². The SMILES string of the molecule is CC(C)(C)c1ccnc(-n2c3ccccc3c3ccc(Oc4cccc(-n5[c-][n+](-c6ccnc7c6C(C)(C)CC7(C)C)c6ccccc65)c4)cc32)c1. The molecule has 0 amide bonds. The van der Waals surface area contributed by atoms with Crippen molar-refractivity contribution in [2.24, 2.45) is 0 Å². The first-order chi connectivity index (χ1) is 24.9. The predicted octanol–water partition coefficient (Wildman–Crippen LogP) is 10.6. The average molecular weight is 682 g/mol. The average Bonchev–Trinajstić information content (AvgIpc) is 3.73. The van der Waals surface area contributed by atoms with Crippen molar-refractivity contribution in [1.82, 2.24) is 19.1 Å². The van der Waals surface area contributed by atoms with Gasteiger partial charge in [-0.15, -0.1) is 0 Å². The third-order valence-corrected chi connectivity index (χ3v) is 10.7. The molecule has 9 rings (SSSR count). The highest BCUT2D eigenvalue weighted by molar-refractivity contribution is 6.09.